The van der Waals surface area contributed by atoms with Crippen LogP contribution < -0.4 is 5.32 Å². The van der Waals surface area contributed by atoms with Crippen LogP contribution in [0.5, 0.6) is 0 Å². The summed E-state index contributed by atoms with van der Waals surface area (Å²) in [5, 5.41) is 2.83. The Hall–Kier alpha value is -1.46. The van der Waals surface area contributed by atoms with Crippen LogP contribution in [-0.2, 0) is 6.54 Å². The highest BCUT2D eigenvalue weighted by Crippen LogP contribution is 2.18. The van der Waals surface area contributed by atoms with Gasteiger partial charge in [-0.3, -0.25) is 4.79 Å². The molecule has 0 aliphatic carbocycles. The standard InChI is InChI=1S/C13H9BrClFN2O/c14-9-5-11(12(15)17-7-9)13(19)18-6-8-1-3-10(16)4-2-8/h1-5,7H,6H2,(H,18,19). The zero-order valence-electron chi connectivity index (χ0n) is 9.66. The molecule has 1 amide bonds. The molecule has 6 heteroatoms. The summed E-state index contributed by atoms with van der Waals surface area (Å²) in [5.41, 5.74) is 1.09. The minimum Gasteiger partial charge on any atom is -0.348 e. The first-order valence-electron chi connectivity index (χ1n) is 5.40. The Kier molecular flexibility index (Phi) is 4.50. The highest BCUT2D eigenvalue weighted by molar-refractivity contribution is 9.10. The van der Waals surface area contributed by atoms with E-state index in [0.29, 0.717) is 11.0 Å². The number of hydrogen-bond donors (Lipinski definition) is 1. The van der Waals surface area contributed by atoms with Gasteiger partial charge in [-0.05, 0) is 39.7 Å². The van der Waals surface area contributed by atoms with E-state index in [2.05, 4.69) is 26.2 Å². The van der Waals surface area contributed by atoms with E-state index in [1.807, 2.05) is 0 Å². The Morgan fingerprint density at radius 1 is 1.37 bits per heavy atom. The largest absolute Gasteiger partial charge is 0.348 e. The van der Waals surface area contributed by atoms with Gasteiger partial charge in [0.15, 0.2) is 0 Å². The van der Waals surface area contributed by atoms with Crippen LogP contribution >= 0.6 is 27.5 Å². The minimum absolute atomic E-state index is 0.139. The summed E-state index contributed by atoms with van der Waals surface area (Å²) in [4.78, 5) is 15.8. The summed E-state index contributed by atoms with van der Waals surface area (Å²) in [6.45, 7) is 0.294. The molecule has 0 saturated carbocycles. The van der Waals surface area contributed by atoms with Crippen LogP contribution in [0.15, 0.2) is 41.0 Å². The molecule has 0 fully saturated rings. The number of nitrogens with zero attached hydrogens (tertiary/aromatic N) is 1. The maximum absolute atomic E-state index is 12.7. The molecule has 98 valence electrons. The van der Waals surface area contributed by atoms with Gasteiger partial charge in [0.05, 0.1) is 5.56 Å². The number of amides is 1. The van der Waals surface area contributed by atoms with Crippen molar-refractivity contribution in [3.8, 4) is 0 Å². The zero-order valence-corrected chi connectivity index (χ0v) is 12.0. The molecular weight excluding hydrogens is 335 g/mol. The number of carbonyl (C=O) groups is 1. The summed E-state index contributed by atoms with van der Waals surface area (Å²) < 4.78 is 13.4. The van der Waals surface area contributed by atoms with Crippen molar-refractivity contribution in [3.63, 3.8) is 0 Å². The molecular formula is C13H9BrClFN2O. The van der Waals surface area contributed by atoms with Gasteiger partial charge >= 0.3 is 0 Å². The minimum atomic E-state index is -0.330. The lowest BCUT2D eigenvalue weighted by Gasteiger charge is -2.06. The molecule has 3 nitrogen and oxygen atoms in total. The van der Waals surface area contributed by atoms with Crippen LogP contribution in [0.3, 0.4) is 0 Å². The van der Waals surface area contributed by atoms with Gasteiger partial charge in [-0.25, -0.2) is 9.37 Å². The summed E-state index contributed by atoms with van der Waals surface area (Å²) in [6.07, 6.45) is 1.51. The number of benzene rings is 1. The van der Waals surface area contributed by atoms with Gasteiger partial charge in [0.2, 0.25) is 0 Å². The molecule has 2 aromatic rings. The number of halogens is 3. The third-order valence-corrected chi connectivity index (χ3v) is 3.15. The van der Waals surface area contributed by atoms with Crippen molar-refractivity contribution in [2.45, 2.75) is 6.54 Å². The average molecular weight is 344 g/mol. The molecule has 0 saturated heterocycles. The molecule has 1 aromatic heterocycles. The predicted molar refractivity (Wildman–Crippen MR) is 74.5 cm³/mol. The summed E-state index contributed by atoms with van der Waals surface area (Å²) in [6, 6.07) is 7.49. The average Bonchev–Trinajstić information content (AvgIpc) is 2.40. The molecule has 0 atom stereocenters. The maximum Gasteiger partial charge on any atom is 0.254 e. The Balaban J connectivity index is 2.05. The summed E-state index contributed by atoms with van der Waals surface area (Å²) >= 11 is 9.08. The topological polar surface area (TPSA) is 42.0 Å². The first-order valence-corrected chi connectivity index (χ1v) is 6.57. The summed E-state index contributed by atoms with van der Waals surface area (Å²) in [5.74, 6) is -0.641. The van der Waals surface area contributed by atoms with Crippen molar-refractivity contribution in [3.05, 3.63) is 63.1 Å². The quantitative estimate of drug-likeness (QED) is 0.866. The van der Waals surface area contributed by atoms with E-state index in [1.54, 1.807) is 18.2 Å². The SMILES string of the molecule is O=C(NCc1ccc(F)cc1)c1cc(Br)cnc1Cl. The highest BCUT2D eigenvalue weighted by atomic mass is 79.9. The van der Waals surface area contributed by atoms with Gasteiger partial charge in [0, 0.05) is 17.2 Å². The Morgan fingerprint density at radius 2 is 2.05 bits per heavy atom. The van der Waals surface area contributed by atoms with Crippen molar-refractivity contribution >= 4 is 33.4 Å². The van der Waals surface area contributed by atoms with Crippen molar-refractivity contribution in [1.29, 1.82) is 0 Å². The molecule has 2 rings (SSSR count). The van der Waals surface area contributed by atoms with Gasteiger partial charge < -0.3 is 5.32 Å². The van der Waals surface area contributed by atoms with Crippen LogP contribution in [0.25, 0.3) is 0 Å². The molecule has 19 heavy (non-hydrogen) atoms. The fourth-order valence-electron chi connectivity index (χ4n) is 1.46. The van der Waals surface area contributed by atoms with Gasteiger partial charge in [-0.1, -0.05) is 23.7 Å². The van der Waals surface area contributed by atoms with Gasteiger partial charge in [0.1, 0.15) is 11.0 Å². The Morgan fingerprint density at radius 3 is 2.74 bits per heavy atom. The van der Waals surface area contributed by atoms with Crippen molar-refractivity contribution in [1.82, 2.24) is 10.3 Å². The molecule has 0 aliphatic heterocycles. The number of aromatic nitrogens is 1. The second kappa shape index (κ2) is 6.12. The highest BCUT2D eigenvalue weighted by Gasteiger charge is 2.11. The number of hydrogen-bond acceptors (Lipinski definition) is 2. The third-order valence-electron chi connectivity index (χ3n) is 2.42. The molecule has 1 aromatic carbocycles. The molecule has 1 N–H and O–H groups in total. The van der Waals surface area contributed by atoms with E-state index < -0.39 is 0 Å². The van der Waals surface area contributed by atoms with Crippen LogP contribution in [0.1, 0.15) is 15.9 Å². The number of pyridine rings is 1. The van der Waals surface area contributed by atoms with Crippen molar-refractivity contribution < 1.29 is 9.18 Å². The fraction of sp³-hybridized carbons (Fsp3) is 0.0769. The second-order valence-corrected chi connectivity index (χ2v) is 5.07. The van der Waals surface area contributed by atoms with E-state index in [1.165, 1.54) is 18.3 Å². The molecule has 0 aliphatic rings. The zero-order chi connectivity index (χ0) is 13.8. The van der Waals surface area contributed by atoms with Gasteiger partial charge in [-0.15, -0.1) is 0 Å². The van der Waals surface area contributed by atoms with E-state index in [0.717, 1.165) is 5.56 Å². The lowest BCUT2D eigenvalue weighted by molar-refractivity contribution is 0.0950. The maximum atomic E-state index is 12.7. The molecule has 0 bridgehead atoms. The molecule has 0 radical (unpaired) electrons. The van der Waals surface area contributed by atoms with Crippen LogP contribution in [0, 0.1) is 5.82 Å². The van der Waals surface area contributed by atoms with E-state index in [9.17, 15) is 9.18 Å². The second-order valence-electron chi connectivity index (χ2n) is 3.80. The van der Waals surface area contributed by atoms with Crippen molar-refractivity contribution in [2.24, 2.45) is 0 Å². The lowest BCUT2D eigenvalue weighted by Crippen LogP contribution is -2.23. The lowest BCUT2D eigenvalue weighted by atomic mass is 10.2. The van der Waals surface area contributed by atoms with Crippen LogP contribution in [-0.4, -0.2) is 10.9 Å². The monoisotopic (exact) mass is 342 g/mol. The number of carbonyl (C=O) groups excluding carboxylic acids is 1. The van der Waals surface area contributed by atoms with Crippen molar-refractivity contribution in [2.75, 3.05) is 0 Å². The Labute approximate surface area is 122 Å². The molecule has 0 unspecified atom stereocenters. The Bertz CT molecular complexity index is 604. The van der Waals surface area contributed by atoms with E-state index >= 15 is 0 Å². The number of rotatable bonds is 3. The van der Waals surface area contributed by atoms with E-state index in [4.69, 9.17) is 11.6 Å². The first kappa shape index (κ1) is 14.0. The van der Waals surface area contributed by atoms with E-state index in [-0.39, 0.29) is 22.4 Å². The smallest absolute Gasteiger partial charge is 0.254 e. The van der Waals surface area contributed by atoms with Gasteiger partial charge in [-0.2, -0.15) is 0 Å². The summed E-state index contributed by atoms with van der Waals surface area (Å²) in [7, 11) is 0. The van der Waals surface area contributed by atoms with Gasteiger partial charge in [0.25, 0.3) is 5.91 Å². The third kappa shape index (κ3) is 3.75. The first-order chi connectivity index (χ1) is 9.06. The normalized spacial score (nSPS) is 10.3. The number of nitrogens with one attached hydrogen (secondary N) is 1. The van der Waals surface area contributed by atoms with Crippen LogP contribution in [0.4, 0.5) is 4.39 Å². The molecule has 0 spiro atoms. The van der Waals surface area contributed by atoms with Crippen LogP contribution in [0.2, 0.25) is 5.15 Å². The fourth-order valence-corrected chi connectivity index (χ4v) is 1.98. The molecule has 1 heterocycles. The predicted octanol–water partition coefficient (Wildman–Crippen LogP) is 3.57.